The van der Waals surface area contributed by atoms with Crippen molar-refractivity contribution in [3.63, 3.8) is 0 Å². The second-order valence-corrected chi connectivity index (χ2v) is 6.08. The van der Waals surface area contributed by atoms with Gasteiger partial charge in [0.2, 0.25) is 5.91 Å². The first-order chi connectivity index (χ1) is 11.6. The van der Waals surface area contributed by atoms with E-state index in [9.17, 15) is 4.79 Å². The molecular weight excluding hydrogens is 322 g/mol. The lowest BCUT2D eigenvalue weighted by molar-refractivity contribution is -0.121. The van der Waals surface area contributed by atoms with E-state index in [2.05, 4.69) is 10.4 Å². The van der Waals surface area contributed by atoms with Crippen molar-refractivity contribution >= 4 is 17.5 Å². The van der Waals surface area contributed by atoms with E-state index in [1.54, 1.807) is 10.9 Å². The minimum atomic E-state index is -0.0704. The van der Waals surface area contributed by atoms with Crippen molar-refractivity contribution in [3.8, 4) is 5.69 Å². The molecule has 3 rings (SSSR count). The van der Waals surface area contributed by atoms with Gasteiger partial charge in [0.05, 0.1) is 24.3 Å². The van der Waals surface area contributed by atoms with Gasteiger partial charge in [0.25, 0.3) is 0 Å². The molecule has 3 aromatic rings. The highest BCUT2D eigenvalue weighted by atomic mass is 35.5. The molecule has 0 saturated heterocycles. The van der Waals surface area contributed by atoms with Crippen LogP contribution in [0.25, 0.3) is 5.69 Å². The van der Waals surface area contributed by atoms with Crippen LogP contribution in [0.2, 0.25) is 5.02 Å². The molecule has 2 aromatic carbocycles. The van der Waals surface area contributed by atoms with Crippen molar-refractivity contribution in [1.82, 2.24) is 15.1 Å². The van der Waals surface area contributed by atoms with Gasteiger partial charge in [0.15, 0.2) is 0 Å². The molecule has 0 aliphatic heterocycles. The number of nitrogens with zero attached hydrogens (tertiary/aromatic N) is 2. The number of rotatable bonds is 5. The maximum Gasteiger partial charge on any atom is 0.225 e. The third-order valence-corrected chi connectivity index (χ3v) is 4.02. The molecule has 0 aliphatic carbocycles. The van der Waals surface area contributed by atoms with Gasteiger partial charge in [0, 0.05) is 11.2 Å². The number of aromatic nitrogens is 2. The summed E-state index contributed by atoms with van der Waals surface area (Å²) in [7, 11) is 0. The number of halogens is 1. The number of hydrogen-bond donors (Lipinski definition) is 1. The lowest BCUT2D eigenvalue weighted by Crippen LogP contribution is -2.27. The number of carbonyl (C=O) groups excluding carboxylic acids is 1. The van der Waals surface area contributed by atoms with Crippen molar-refractivity contribution < 1.29 is 4.79 Å². The minimum Gasteiger partial charge on any atom is -0.349 e. The number of amides is 1. The second kappa shape index (κ2) is 7.32. The molecule has 0 aliphatic rings. The van der Waals surface area contributed by atoms with Crippen molar-refractivity contribution in [2.24, 2.45) is 0 Å². The highest BCUT2D eigenvalue weighted by Crippen LogP contribution is 2.16. The molecule has 0 fully saturated rings. The Morgan fingerprint density at radius 3 is 2.58 bits per heavy atom. The molecule has 1 atom stereocenters. The molecule has 1 N–H and O–H groups in total. The molecule has 0 bridgehead atoms. The Bertz CT molecular complexity index is 812. The predicted molar refractivity (Wildman–Crippen MR) is 95.3 cm³/mol. The number of carbonyl (C=O) groups is 1. The van der Waals surface area contributed by atoms with E-state index < -0.39 is 0 Å². The van der Waals surface area contributed by atoms with Crippen molar-refractivity contribution in [3.05, 3.63) is 83.1 Å². The fourth-order valence-electron chi connectivity index (χ4n) is 2.49. The van der Waals surface area contributed by atoms with Crippen LogP contribution in [0.4, 0.5) is 0 Å². The third-order valence-electron chi connectivity index (χ3n) is 3.77. The Hall–Kier alpha value is -2.59. The molecule has 0 spiro atoms. The highest BCUT2D eigenvalue weighted by Gasteiger charge is 2.11. The SMILES string of the molecule is CC(NC(=O)Cc1cnn(-c2ccccc2)c1)c1ccc(Cl)cc1. The summed E-state index contributed by atoms with van der Waals surface area (Å²) in [6, 6.07) is 17.2. The van der Waals surface area contributed by atoms with Gasteiger partial charge in [-0.25, -0.2) is 4.68 Å². The largest absolute Gasteiger partial charge is 0.349 e. The Morgan fingerprint density at radius 2 is 1.88 bits per heavy atom. The van der Waals surface area contributed by atoms with Gasteiger partial charge in [-0.3, -0.25) is 4.79 Å². The number of hydrogen-bond acceptors (Lipinski definition) is 2. The molecule has 122 valence electrons. The lowest BCUT2D eigenvalue weighted by atomic mass is 10.1. The summed E-state index contributed by atoms with van der Waals surface area (Å²) in [5.41, 5.74) is 2.87. The lowest BCUT2D eigenvalue weighted by Gasteiger charge is -2.14. The van der Waals surface area contributed by atoms with E-state index in [1.165, 1.54) is 0 Å². The first-order valence-corrected chi connectivity index (χ1v) is 8.13. The maximum atomic E-state index is 12.2. The van der Waals surface area contributed by atoms with Gasteiger partial charge in [-0.1, -0.05) is 41.9 Å². The summed E-state index contributed by atoms with van der Waals surface area (Å²) in [5, 5.41) is 7.99. The van der Waals surface area contributed by atoms with Gasteiger partial charge < -0.3 is 5.32 Å². The molecule has 0 radical (unpaired) electrons. The van der Waals surface area contributed by atoms with Gasteiger partial charge in [0.1, 0.15) is 0 Å². The first-order valence-electron chi connectivity index (χ1n) is 7.75. The topological polar surface area (TPSA) is 46.9 Å². The smallest absolute Gasteiger partial charge is 0.225 e. The van der Waals surface area contributed by atoms with Gasteiger partial charge >= 0.3 is 0 Å². The normalized spacial score (nSPS) is 11.9. The number of para-hydroxylation sites is 1. The summed E-state index contributed by atoms with van der Waals surface area (Å²) >= 11 is 5.89. The van der Waals surface area contributed by atoms with E-state index in [-0.39, 0.29) is 11.9 Å². The average molecular weight is 340 g/mol. The zero-order chi connectivity index (χ0) is 16.9. The van der Waals surface area contributed by atoms with Gasteiger partial charge in [-0.15, -0.1) is 0 Å². The van der Waals surface area contributed by atoms with Crippen LogP contribution < -0.4 is 5.32 Å². The molecule has 5 heteroatoms. The minimum absolute atomic E-state index is 0.0370. The zero-order valence-corrected chi connectivity index (χ0v) is 14.1. The summed E-state index contributed by atoms with van der Waals surface area (Å²) in [6.45, 7) is 1.95. The summed E-state index contributed by atoms with van der Waals surface area (Å²) in [5.74, 6) is -0.0370. The zero-order valence-electron chi connectivity index (χ0n) is 13.3. The van der Waals surface area contributed by atoms with Crippen LogP contribution in [0.15, 0.2) is 67.0 Å². The second-order valence-electron chi connectivity index (χ2n) is 5.65. The quantitative estimate of drug-likeness (QED) is 0.765. The van der Waals surface area contributed by atoms with Crippen LogP contribution in [-0.2, 0) is 11.2 Å². The summed E-state index contributed by atoms with van der Waals surface area (Å²) in [6.07, 6.45) is 3.90. The molecule has 1 unspecified atom stereocenters. The van der Waals surface area contributed by atoms with Crippen LogP contribution in [0, 0.1) is 0 Å². The van der Waals surface area contributed by atoms with Crippen molar-refractivity contribution in [2.75, 3.05) is 0 Å². The molecule has 24 heavy (non-hydrogen) atoms. The van der Waals surface area contributed by atoms with Crippen LogP contribution in [0.3, 0.4) is 0 Å². The Labute approximate surface area is 146 Å². The molecule has 1 amide bonds. The molecular formula is C19H18ClN3O. The van der Waals surface area contributed by atoms with E-state index in [4.69, 9.17) is 11.6 Å². The van der Waals surface area contributed by atoms with Crippen LogP contribution in [0.1, 0.15) is 24.1 Å². The Kier molecular flexibility index (Phi) is 4.96. The van der Waals surface area contributed by atoms with E-state index >= 15 is 0 Å². The Balaban J connectivity index is 1.61. The van der Waals surface area contributed by atoms with Crippen LogP contribution in [0.5, 0.6) is 0 Å². The van der Waals surface area contributed by atoms with Gasteiger partial charge in [-0.05, 0) is 42.3 Å². The first kappa shape index (κ1) is 16.3. The van der Waals surface area contributed by atoms with Gasteiger partial charge in [-0.2, -0.15) is 5.10 Å². The van der Waals surface area contributed by atoms with Crippen molar-refractivity contribution in [2.45, 2.75) is 19.4 Å². The molecule has 1 heterocycles. The fourth-order valence-corrected chi connectivity index (χ4v) is 2.61. The maximum absolute atomic E-state index is 12.2. The summed E-state index contributed by atoms with van der Waals surface area (Å²) < 4.78 is 1.77. The monoisotopic (exact) mass is 339 g/mol. The average Bonchev–Trinajstić information content (AvgIpc) is 3.04. The van der Waals surface area contributed by atoms with E-state index in [0.717, 1.165) is 16.8 Å². The number of benzene rings is 2. The van der Waals surface area contributed by atoms with Crippen LogP contribution >= 0.6 is 11.6 Å². The van der Waals surface area contributed by atoms with Crippen molar-refractivity contribution in [1.29, 1.82) is 0 Å². The highest BCUT2D eigenvalue weighted by molar-refractivity contribution is 6.30. The predicted octanol–water partition coefficient (Wildman–Crippen LogP) is 3.95. The summed E-state index contributed by atoms with van der Waals surface area (Å²) in [4.78, 5) is 12.2. The Morgan fingerprint density at radius 1 is 1.17 bits per heavy atom. The molecule has 0 saturated carbocycles. The third kappa shape index (κ3) is 4.03. The number of nitrogens with one attached hydrogen (secondary N) is 1. The van der Waals surface area contributed by atoms with E-state index in [1.807, 2.05) is 67.7 Å². The molecule has 4 nitrogen and oxygen atoms in total. The van der Waals surface area contributed by atoms with Crippen LogP contribution in [-0.4, -0.2) is 15.7 Å². The fraction of sp³-hybridized carbons (Fsp3) is 0.158. The molecule has 1 aromatic heterocycles. The van der Waals surface area contributed by atoms with E-state index in [0.29, 0.717) is 11.4 Å². The standard InChI is InChI=1S/C19H18ClN3O/c1-14(16-7-9-17(20)10-8-16)22-19(24)11-15-12-21-23(13-15)18-5-3-2-4-6-18/h2-10,12-14H,11H2,1H3,(H,22,24).